The highest BCUT2D eigenvalue weighted by molar-refractivity contribution is 5.97. The van der Waals surface area contributed by atoms with Crippen LogP contribution in [0, 0.1) is 0 Å². The maximum absolute atomic E-state index is 14.1. The Labute approximate surface area is 377 Å². The van der Waals surface area contributed by atoms with Crippen molar-refractivity contribution in [1.82, 2.24) is 36.4 Å². The van der Waals surface area contributed by atoms with Crippen molar-refractivity contribution in [3.05, 3.63) is 35.9 Å². The number of benzene rings is 1. The second kappa shape index (κ2) is 27.6. The lowest BCUT2D eigenvalue weighted by Gasteiger charge is -2.33. The van der Waals surface area contributed by atoms with E-state index in [2.05, 4.69) is 36.6 Å². The van der Waals surface area contributed by atoms with E-state index >= 15 is 0 Å². The SMILES string of the molecule is NCCCCC(=O)N[C@@H](CCCN=C(N)N)C(=O)N1CCC[C@H]1C(=O)N1CCC[C@H]1C(=O)NCC(=O)N[C@@H](Cc1ccccc1)C(=O)N[C@@H](CO)C(=O)N[C@@H](CCCN=C(N)N)C(=O)O. The number of nitrogens with two attached hydrogens (primary N) is 5. The molecule has 0 spiro atoms. The summed E-state index contributed by atoms with van der Waals surface area (Å²) < 4.78 is 0. The molecule has 3 rings (SSSR count). The van der Waals surface area contributed by atoms with Gasteiger partial charge in [0.1, 0.15) is 36.3 Å². The molecule has 0 saturated carbocycles. The standard InChI is InChI=1S/C41H66N14O10/c42-17-5-4-16-32(57)50-26(12-6-18-47-40(43)44)37(62)55-21-9-15-31(55)38(63)54-20-8-14-30(54)36(61)49-23-33(58)51-28(22-25-10-2-1-3-11-25)34(59)53-29(24-56)35(60)52-27(39(64)65)13-7-19-48-41(45)46/h1-3,10-11,26-31,56H,4-9,12-24,42H2,(H,49,61)(H,50,57)(H,51,58)(H,52,60)(H,53,59)(H,64,65)(H4,43,44,47)(H4,45,46,48)/t26-,27-,28-,29-,30-,31-/m0/s1. The van der Waals surface area contributed by atoms with Gasteiger partial charge in [0.2, 0.25) is 41.4 Å². The number of aliphatic imine (C=N–C) groups is 2. The first-order valence-corrected chi connectivity index (χ1v) is 21.8. The molecule has 1 aromatic carbocycles. The molecule has 65 heavy (non-hydrogen) atoms. The Morgan fingerprint density at radius 2 is 1.26 bits per heavy atom. The van der Waals surface area contributed by atoms with Gasteiger partial charge < -0.3 is 75.3 Å². The Hall–Kier alpha value is -6.56. The molecule has 0 aliphatic carbocycles. The molecule has 6 atom stereocenters. The number of amides is 7. The molecular weight excluding hydrogens is 849 g/mol. The van der Waals surface area contributed by atoms with E-state index in [1.165, 1.54) is 9.80 Å². The zero-order valence-corrected chi connectivity index (χ0v) is 36.6. The monoisotopic (exact) mass is 915 g/mol. The minimum Gasteiger partial charge on any atom is -0.480 e. The van der Waals surface area contributed by atoms with Gasteiger partial charge in [-0.3, -0.25) is 43.5 Å². The van der Waals surface area contributed by atoms with Crippen molar-refractivity contribution in [1.29, 1.82) is 0 Å². The highest BCUT2D eigenvalue weighted by atomic mass is 16.4. The van der Waals surface area contributed by atoms with Crippen LogP contribution in [0.3, 0.4) is 0 Å². The van der Waals surface area contributed by atoms with Crippen LogP contribution < -0.4 is 55.3 Å². The molecule has 0 bridgehead atoms. The number of aliphatic hydroxyl groups is 1. The van der Waals surface area contributed by atoms with Gasteiger partial charge in [-0.1, -0.05) is 30.3 Å². The van der Waals surface area contributed by atoms with E-state index < -0.39 is 90.8 Å². The molecule has 2 heterocycles. The summed E-state index contributed by atoms with van der Waals surface area (Å²) in [6, 6.07) is 1.48. The first-order valence-electron chi connectivity index (χ1n) is 21.8. The minimum absolute atomic E-state index is 0.0602. The fourth-order valence-corrected chi connectivity index (χ4v) is 7.53. The molecule has 0 unspecified atom stereocenters. The number of aliphatic carboxylic acids is 1. The van der Waals surface area contributed by atoms with Crippen LogP contribution in [-0.4, -0.2) is 161 Å². The van der Waals surface area contributed by atoms with Crippen LogP contribution in [0.15, 0.2) is 40.3 Å². The minimum atomic E-state index is -1.60. The lowest BCUT2D eigenvalue weighted by molar-refractivity contribution is -0.148. The molecule has 2 saturated heterocycles. The van der Waals surface area contributed by atoms with Gasteiger partial charge in [-0.05, 0) is 76.3 Å². The summed E-state index contributed by atoms with van der Waals surface area (Å²) in [4.78, 5) is 117. The number of nitrogens with zero attached hydrogens (tertiary/aromatic N) is 4. The maximum Gasteiger partial charge on any atom is 0.326 e. The molecule has 360 valence electrons. The fraction of sp³-hybridized carbons (Fsp3) is 0.610. The second-order valence-corrected chi connectivity index (χ2v) is 15.8. The Kier molecular flexibility index (Phi) is 22.4. The van der Waals surface area contributed by atoms with Crippen LogP contribution in [0.25, 0.3) is 0 Å². The number of carbonyl (C=O) groups excluding carboxylic acids is 7. The number of likely N-dealkylation sites (tertiary alicyclic amines) is 2. The third-order valence-corrected chi connectivity index (χ3v) is 10.8. The van der Waals surface area contributed by atoms with Gasteiger partial charge in [0.15, 0.2) is 11.9 Å². The van der Waals surface area contributed by atoms with Crippen molar-refractivity contribution in [3.63, 3.8) is 0 Å². The lowest BCUT2D eigenvalue weighted by atomic mass is 10.0. The number of nitrogens with one attached hydrogen (secondary N) is 5. The van der Waals surface area contributed by atoms with Crippen LogP contribution in [0.2, 0.25) is 0 Å². The molecule has 2 aliphatic heterocycles. The molecule has 24 nitrogen and oxygen atoms in total. The number of carbonyl (C=O) groups is 8. The number of hydrogen-bond acceptors (Lipinski definition) is 12. The molecule has 1 aromatic rings. The molecule has 17 N–H and O–H groups in total. The first kappa shape index (κ1) is 52.8. The average Bonchev–Trinajstić information content (AvgIpc) is 3.97. The van der Waals surface area contributed by atoms with Gasteiger partial charge in [-0.2, -0.15) is 0 Å². The topological polar surface area (TPSA) is 398 Å². The molecule has 2 fully saturated rings. The van der Waals surface area contributed by atoms with Crippen LogP contribution in [0.5, 0.6) is 0 Å². The molecule has 2 aliphatic rings. The van der Waals surface area contributed by atoms with Gasteiger partial charge in [0.05, 0.1) is 13.2 Å². The normalized spacial score (nSPS) is 17.4. The summed E-state index contributed by atoms with van der Waals surface area (Å²) in [5.41, 5.74) is 27.7. The maximum atomic E-state index is 14.1. The van der Waals surface area contributed by atoms with E-state index in [0.717, 1.165) is 0 Å². The lowest BCUT2D eigenvalue weighted by Crippen LogP contribution is -2.58. The van der Waals surface area contributed by atoms with E-state index in [4.69, 9.17) is 28.7 Å². The van der Waals surface area contributed by atoms with E-state index in [1.807, 2.05) is 0 Å². The van der Waals surface area contributed by atoms with Crippen molar-refractivity contribution in [2.45, 2.75) is 113 Å². The predicted octanol–water partition coefficient (Wildman–Crippen LogP) is -4.42. The zero-order valence-electron chi connectivity index (χ0n) is 36.6. The van der Waals surface area contributed by atoms with Crippen LogP contribution in [0.4, 0.5) is 0 Å². The molecule has 0 radical (unpaired) electrons. The Morgan fingerprint density at radius 3 is 1.86 bits per heavy atom. The third-order valence-electron chi connectivity index (χ3n) is 10.8. The van der Waals surface area contributed by atoms with E-state index in [0.29, 0.717) is 50.6 Å². The van der Waals surface area contributed by atoms with E-state index in [-0.39, 0.29) is 82.5 Å². The molecule has 0 aromatic heterocycles. The van der Waals surface area contributed by atoms with Gasteiger partial charge in [-0.15, -0.1) is 0 Å². The summed E-state index contributed by atoms with van der Waals surface area (Å²) in [6.07, 6.45) is 3.65. The van der Waals surface area contributed by atoms with Crippen molar-refractivity contribution in [2.24, 2.45) is 38.7 Å². The van der Waals surface area contributed by atoms with Crippen molar-refractivity contribution in [3.8, 4) is 0 Å². The van der Waals surface area contributed by atoms with Crippen LogP contribution in [0.1, 0.15) is 76.2 Å². The second-order valence-electron chi connectivity index (χ2n) is 15.8. The smallest absolute Gasteiger partial charge is 0.326 e. The van der Waals surface area contributed by atoms with Gasteiger partial charge in [0, 0.05) is 39.0 Å². The third kappa shape index (κ3) is 17.9. The van der Waals surface area contributed by atoms with Gasteiger partial charge in [-0.25, -0.2) is 4.79 Å². The summed E-state index contributed by atoms with van der Waals surface area (Å²) >= 11 is 0. The largest absolute Gasteiger partial charge is 0.480 e. The molecule has 24 heteroatoms. The van der Waals surface area contributed by atoms with Crippen molar-refractivity contribution in [2.75, 3.05) is 45.9 Å². The summed E-state index contributed by atoms with van der Waals surface area (Å²) in [5.74, 6) is -6.14. The number of carboxylic acid groups (broad SMARTS) is 1. The number of carboxylic acids is 1. The number of rotatable bonds is 27. The molecule has 7 amide bonds. The van der Waals surface area contributed by atoms with Gasteiger partial charge >= 0.3 is 5.97 Å². The Morgan fingerprint density at radius 1 is 0.692 bits per heavy atom. The van der Waals surface area contributed by atoms with E-state index in [9.17, 15) is 48.6 Å². The first-order chi connectivity index (χ1) is 31.1. The van der Waals surface area contributed by atoms with Gasteiger partial charge in [0.25, 0.3) is 0 Å². The zero-order chi connectivity index (χ0) is 47.9. The average molecular weight is 915 g/mol. The Bertz CT molecular complexity index is 1840. The number of aliphatic hydroxyl groups excluding tert-OH is 1. The highest BCUT2D eigenvalue weighted by Crippen LogP contribution is 2.26. The van der Waals surface area contributed by atoms with Crippen LogP contribution >= 0.6 is 0 Å². The number of unbranched alkanes of at least 4 members (excludes halogenated alkanes) is 1. The summed E-state index contributed by atoms with van der Waals surface area (Å²) in [7, 11) is 0. The van der Waals surface area contributed by atoms with Crippen LogP contribution in [-0.2, 0) is 44.8 Å². The summed E-state index contributed by atoms with van der Waals surface area (Å²) in [5, 5.41) is 32.2. The fourth-order valence-electron chi connectivity index (χ4n) is 7.53. The highest BCUT2D eigenvalue weighted by Gasteiger charge is 2.43. The number of hydrogen-bond donors (Lipinski definition) is 12. The quantitative estimate of drug-likeness (QED) is 0.0225. The predicted molar refractivity (Wildman–Crippen MR) is 238 cm³/mol. The van der Waals surface area contributed by atoms with Crippen molar-refractivity contribution >= 4 is 59.2 Å². The van der Waals surface area contributed by atoms with Crippen molar-refractivity contribution < 1.29 is 48.6 Å². The molecular formula is C41H66N14O10. The summed E-state index contributed by atoms with van der Waals surface area (Å²) in [6.45, 7) is -0.258. The van der Waals surface area contributed by atoms with E-state index in [1.54, 1.807) is 30.3 Å². The Balaban J connectivity index is 1.66. The number of guanidine groups is 2.